The van der Waals surface area contributed by atoms with Crippen LogP contribution >= 0.6 is 11.6 Å². The molecule has 1 saturated heterocycles. The topological polar surface area (TPSA) is 45.7 Å². The molecule has 28 heavy (non-hydrogen) atoms. The molecule has 1 aliphatic rings. The summed E-state index contributed by atoms with van der Waals surface area (Å²) in [4.78, 5) is 20.9. The highest BCUT2D eigenvalue weighted by atomic mass is 35.5. The van der Waals surface area contributed by atoms with E-state index in [2.05, 4.69) is 22.0 Å². The van der Waals surface area contributed by atoms with Gasteiger partial charge in [-0.1, -0.05) is 29.8 Å². The van der Waals surface area contributed by atoms with Crippen LogP contribution in [-0.4, -0.2) is 53.2 Å². The van der Waals surface area contributed by atoms with Crippen LogP contribution in [0.25, 0.3) is 10.9 Å². The van der Waals surface area contributed by atoms with Gasteiger partial charge >= 0.3 is 6.09 Å². The number of hydrogen-bond acceptors (Lipinski definition) is 4. The minimum atomic E-state index is -0.468. The zero-order valence-corrected chi connectivity index (χ0v) is 18.0. The van der Waals surface area contributed by atoms with Gasteiger partial charge in [0.15, 0.2) is 0 Å². The fourth-order valence-electron chi connectivity index (χ4n) is 3.73. The van der Waals surface area contributed by atoms with Gasteiger partial charge in [0.2, 0.25) is 0 Å². The maximum Gasteiger partial charge on any atom is 0.410 e. The Balaban J connectivity index is 1.61. The van der Waals surface area contributed by atoms with Gasteiger partial charge in [-0.15, -0.1) is 0 Å². The molecule has 6 heteroatoms. The minimum Gasteiger partial charge on any atom is -0.444 e. The molecule has 2 heterocycles. The third-order valence-corrected chi connectivity index (χ3v) is 5.31. The van der Waals surface area contributed by atoms with Gasteiger partial charge < -0.3 is 9.64 Å². The fourth-order valence-corrected chi connectivity index (χ4v) is 3.94. The zero-order chi connectivity index (χ0) is 20.3. The van der Waals surface area contributed by atoms with Gasteiger partial charge in [-0.05, 0) is 58.2 Å². The lowest BCUT2D eigenvalue weighted by Gasteiger charge is -2.35. The van der Waals surface area contributed by atoms with E-state index in [1.165, 1.54) is 0 Å². The molecule has 1 amide bonds. The van der Waals surface area contributed by atoms with Gasteiger partial charge in [0, 0.05) is 37.6 Å². The molecule has 0 bridgehead atoms. The molecule has 1 aromatic heterocycles. The first-order valence-corrected chi connectivity index (χ1v) is 10.3. The van der Waals surface area contributed by atoms with E-state index >= 15 is 0 Å². The number of hydrogen-bond donors (Lipinski definition) is 0. The van der Waals surface area contributed by atoms with Gasteiger partial charge in [0.1, 0.15) is 10.8 Å². The first-order chi connectivity index (χ1) is 13.2. The largest absolute Gasteiger partial charge is 0.444 e. The lowest BCUT2D eigenvalue weighted by atomic mass is 9.97. The molecule has 1 unspecified atom stereocenters. The van der Waals surface area contributed by atoms with E-state index in [0.717, 1.165) is 48.9 Å². The number of ether oxygens (including phenoxy) is 1. The predicted octanol–water partition coefficient (Wildman–Crippen LogP) is 4.97. The van der Waals surface area contributed by atoms with Crippen molar-refractivity contribution < 1.29 is 9.53 Å². The normalized spacial score (nSPS) is 18.2. The fraction of sp³-hybridized carbons (Fsp3) is 0.545. The smallest absolute Gasteiger partial charge is 0.410 e. The maximum absolute atomic E-state index is 12.2. The van der Waals surface area contributed by atoms with E-state index < -0.39 is 5.60 Å². The molecule has 1 atom stereocenters. The summed E-state index contributed by atoms with van der Waals surface area (Å²) in [6.07, 6.45) is 1.98. The van der Waals surface area contributed by atoms with E-state index in [9.17, 15) is 4.79 Å². The average Bonchev–Trinajstić information content (AvgIpc) is 2.61. The van der Waals surface area contributed by atoms with Crippen LogP contribution in [0.3, 0.4) is 0 Å². The lowest BCUT2D eigenvalue weighted by molar-refractivity contribution is 0.0241. The van der Waals surface area contributed by atoms with Gasteiger partial charge in [-0.25, -0.2) is 9.78 Å². The van der Waals surface area contributed by atoms with Crippen molar-refractivity contribution in [3.63, 3.8) is 0 Å². The highest BCUT2D eigenvalue weighted by Crippen LogP contribution is 2.25. The number of carbonyl (C=O) groups excluding carboxylic acids is 1. The molecule has 0 N–H and O–H groups in total. The summed E-state index contributed by atoms with van der Waals surface area (Å²) in [6.45, 7) is 9.14. The lowest BCUT2D eigenvalue weighted by Crippen LogP contribution is -2.42. The number of likely N-dealkylation sites (tertiary alicyclic amines) is 1. The first kappa shape index (κ1) is 20.9. The number of aromatic nitrogens is 1. The third-order valence-electron chi connectivity index (χ3n) is 4.98. The number of nitrogens with zero attached hydrogens (tertiary/aromatic N) is 3. The van der Waals surface area contributed by atoms with Crippen LogP contribution < -0.4 is 0 Å². The van der Waals surface area contributed by atoms with Crippen LogP contribution in [0, 0.1) is 5.92 Å². The molecule has 2 aromatic rings. The number of para-hydroxylation sites is 1. The quantitative estimate of drug-likeness (QED) is 0.676. The number of pyridine rings is 1. The van der Waals surface area contributed by atoms with Crippen molar-refractivity contribution in [2.24, 2.45) is 5.92 Å². The summed E-state index contributed by atoms with van der Waals surface area (Å²) in [6, 6.07) is 10.2. The summed E-state index contributed by atoms with van der Waals surface area (Å²) in [7, 11) is 1.82. The van der Waals surface area contributed by atoms with Crippen LogP contribution in [0.1, 0.15) is 39.2 Å². The molecule has 5 nitrogen and oxygen atoms in total. The van der Waals surface area contributed by atoms with Crippen molar-refractivity contribution in [1.82, 2.24) is 14.8 Å². The Hall–Kier alpha value is -1.85. The van der Waals surface area contributed by atoms with Crippen molar-refractivity contribution in [2.45, 2.75) is 45.8 Å². The highest BCUT2D eigenvalue weighted by Gasteiger charge is 2.25. The molecular weight excluding hydrogens is 374 g/mol. The second kappa shape index (κ2) is 8.66. The molecule has 0 aliphatic carbocycles. The van der Waals surface area contributed by atoms with Crippen molar-refractivity contribution >= 4 is 28.6 Å². The maximum atomic E-state index is 12.2. The van der Waals surface area contributed by atoms with Crippen LogP contribution in [-0.2, 0) is 11.3 Å². The Kier molecular flexibility index (Phi) is 6.46. The second-order valence-corrected chi connectivity index (χ2v) is 9.09. The Morgan fingerprint density at radius 2 is 2.11 bits per heavy atom. The number of benzene rings is 1. The molecule has 152 valence electrons. The van der Waals surface area contributed by atoms with Gasteiger partial charge in [0.25, 0.3) is 0 Å². The first-order valence-electron chi connectivity index (χ1n) is 9.92. The van der Waals surface area contributed by atoms with Crippen LogP contribution in [0.4, 0.5) is 4.79 Å². The van der Waals surface area contributed by atoms with Gasteiger partial charge in [0.05, 0.1) is 5.52 Å². The number of rotatable bonds is 4. The molecule has 0 saturated carbocycles. The van der Waals surface area contributed by atoms with Crippen molar-refractivity contribution in [3.05, 3.63) is 41.0 Å². The van der Waals surface area contributed by atoms with E-state index in [1.807, 2.05) is 46.0 Å². The van der Waals surface area contributed by atoms with Gasteiger partial charge in [-0.2, -0.15) is 0 Å². The summed E-state index contributed by atoms with van der Waals surface area (Å²) in [5.41, 5.74) is 1.51. The molecular formula is C22H30ClN3O2. The average molecular weight is 404 g/mol. The SMILES string of the molecule is CN(CC1CCCN(Cc2cc3ccccc3nc2Cl)C1)C(=O)OC(C)(C)C. The van der Waals surface area contributed by atoms with Crippen molar-refractivity contribution in [2.75, 3.05) is 26.7 Å². The van der Waals surface area contributed by atoms with Crippen LogP contribution in [0.2, 0.25) is 5.15 Å². The van der Waals surface area contributed by atoms with Crippen molar-refractivity contribution in [3.8, 4) is 0 Å². The number of fused-ring (bicyclic) bond motifs is 1. The number of carbonyl (C=O) groups is 1. The standard InChI is InChI=1S/C22H30ClN3O2/c1-22(2,3)28-21(27)25(4)13-16-8-7-11-26(14-16)15-18-12-17-9-5-6-10-19(17)24-20(18)23/h5-6,9-10,12,16H,7-8,11,13-15H2,1-4H3. The summed E-state index contributed by atoms with van der Waals surface area (Å²) >= 11 is 6.44. The van der Waals surface area contributed by atoms with E-state index in [4.69, 9.17) is 16.3 Å². The van der Waals surface area contributed by atoms with Gasteiger partial charge in [-0.3, -0.25) is 4.90 Å². The molecule has 0 spiro atoms. The summed E-state index contributed by atoms with van der Waals surface area (Å²) < 4.78 is 5.47. The number of amides is 1. The molecule has 1 fully saturated rings. The monoisotopic (exact) mass is 403 g/mol. The Labute approximate surface area is 172 Å². The second-order valence-electron chi connectivity index (χ2n) is 8.74. The summed E-state index contributed by atoms with van der Waals surface area (Å²) in [5, 5.41) is 1.69. The zero-order valence-electron chi connectivity index (χ0n) is 17.2. The molecule has 3 rings (SSSR count). The van der Waals surface area contributed by atoms with E-state index in [0.29, 0.717) is 17.6 Å². The summed E-state index contributed by atoms with van der Waals surface area (Å²) in [5.74, 6) is 0.429. The third kappa shape index (κ3) is 5.58. The van der Waals surface area contributed by atoms with Crippen molar-refractivity contribution in [1.29, 1.82) is 0 Å². The Morgan fingerprint density at radius 1 is 1.36 bits per heavy atom. The highest BCUT2D eigenvalue weighted by molar-refractivity contribution is 6.30. The minimum absolute atomic E-state index is 0.258. The predicted molar refractivity (Wildman–Crippen MR) is 114 cm³/mol. The molecule has 1 aliphatic heterocycles. The molecule has 1 aromatic carbocycles. The Morgan fingerprint density at radius 3 is 2.86 bits per heavy atom. The van der Waals surface area contributed by atoms with Crippen LogP contribution in [0.5, 0.6) is 0 Å². The number of piperidine rings is 1. The van der Waals surface area contributed by atoms with Crippen LogP contribution in [0.15, 0.2) is 30.3 Å². The Bertz CT molecular complexity index is 834. The van der Waals surface area contributed by atoms with E-state index in [-0.39, 0.29) is 6.09 Å². The van der Waals surface area contributed by atoms with E-state index in [1.54, 1.807) is 4.90 Å². The number of halogens is 1. The molecule has 0 radical (unpaired) electrons.